The lowest BCUT2D eigenvalue weighted by Gasteiger charge is -2.15. The molecule has 0 bridgehead atoms. The molecule has 10 aromatic rings. The van der Waals surface area contributed by atoms with Crippen molar-refractivity contribution in [2.45, 2.75) is 39.4 Å². The van der Waals surface area contributed by atoms with E-state index in [4.69, 9.17) is 13.2 Å². The van der Waals surface area contributed by atoms with Crippen molar-refractivity contribution in [2.75, 3.05) is 0 Å². The number of hydrogen-bond acceptors (Lipinski definition) is 3. The van der Waals surface area contributed by atoms with Gasteiger partial charge in [0.2, 0.25) is 0 Å². The van der Waals surface area contributed by atoms with E-state index in [2.05, 4.69) is 186 Å². The van der Waals surface area contributed by atoms with Crippen molar-refractivity contribution in [2.24, 2.45) is 0 Å². The maximum Gasteiger partial charge on any atom is 0.0708 e. The quantitative estimate of drug-likeness (QED) is 0.116. The highest BCUT2D eigenvalue weighted by molar-refractivity contribution is 5.85. The monoisotopic (exact) mass is 855 g/mol. The van der Waals surface area contributed by atoms with E-state index in [1.54, 1.807) is 24.3 Å². The molecule has 0 unspecified atom stereocenters. The van der Waals surface area contributed by atoms with E-state index >= 15 is 0 Å². The lowest BCUT2D eigenvalue weighted by atomic mass is 9.90. The minimum Gasteiger partial charge on any atom is -0.256 e. The third-order valence-electron chi connectivity index (χ3n) is 12.3. The van der Waals surface area contributed by atoms with E-state index in [-0.39, 0.29) is 11.1 Å². The van der Waals surface area contributed by atoms with Crippen LogP contribution in [0.25, 0.3) is 78.3 Å². The summed E-state index contributed by atoms with van der Waals surface area (Å²) >= 11 is 0. The molecule has 10 rings (SSSR count). The van der Waals surface area contributed by atoms with Crippen LogP contribution in [0.1, 0.15) is 41.6 Å². The van der Waals surface area contributed by atoms with Crippen molar-refractivity contribution in [1.82, 2.24) is 15.0 Å². The van der Waals surface area contributed by atoms with Crippen LogP contribution in [0, 0.1) is 13.7 Å². The van der Waals surface area contributed by atoms with Gasteiger partial charge in [-0.05, 0) is 142 Å². The number of pyridine rings is 3. The van der Waals surface area contributed by atoms with Crippen molar-refractivity contribution in [3.63, 3.8) is 0 Å². The summed E-state index contributed by atoms with van der Waals surface area (Å²) in [4.78, 5) is 13.7. The maximum absolute atomic E-state index is 7.69. The zero-order chi connectivity index (χ0) is 49.7. The second kappa shape index (κ2) is 19.4. The summed E-state index contributed by atoms with van der Waals surface area (Å²) in [7, 11) is 0. The average molecular weight is 856 g/mol. The molecule has 0 aliphatic heterocycles. The molecule has 0 saturated carbocycles. The van der Waals surface area contributed by atoms with Gasteiger partial charge in [0.15, 0.2) is 0 Å². The second-order valence-electron chi connectivity index (χ2n) is 16.8. The Kier molecular flexibility index (Phi) is 10.4. The van der Waals surface area contributed by atoms with Gasteiger partial charge in [-0.1, -0.05) is 182 Å². The lowest BCUT2D eigenvalue weighted by molar-refractivity contribution is 0.931. The molecule has 0 N–H and O–H groups in total. The Morgan fingerprint density at radius 2 is 0.742 bits per heavy atom. The first-order chi connectivity index (χ1) is 34.9. The average Bonchev–Trinajstić information content (AvgIpc) is 3.42. The van der Waals surface area contributed by atoms with Gasteiger partial charge in [0.05, 0.1) is 17.1 Å². The minimum atomic E-state index is -2.19. The molecule has 3 heteroatoms. The molecular formula is C63H51N3. The first-order valence-corrected chi connectivity index (χ1v) is 22.5. The summed E-state index contributed by atoms with van der Waals surface area (Å²) in [6, 6.07) is 71.3. The van der Waals surface area contributed by atoms with Crippen LogP contribution < -0.4 is 0 Å². The first kappa shape index (κ1) is 35.4. The highest BCUT2D eigenvalue weighted by Crippen LogP contribution is 2.36. The van der Waals surface area contributed by atoms with Crippen LogP contribution in [0.15, 0.2) is 225 Å². The molecule has 0 atom stereocenters. The predicted molar refractivity (Wildman–Crippen MR) is 275 cm³/mol. The molecule has 0 aliphatic rings. The fourth-order valence-electron chi connectivity index (χ4n) is 8.66. The Balaban J connectivity index is 0.899. The Hall–Kier alpha value is -8.01. The van der Waals surface area contributed by atoms with Gasteiger partial charge in [-0.3, -0.25) is 15.0 Å². The van der Waals surface area contributed by atoms with Crippen LogP contribution in [0.3, 0.4) is 0 Å². The molecule has 0 saturated heterocycles. The van der Waals surface area contributed by atoms with Crippen LogP contribution in [-0.4, -0.2) is 15.0 Å². The Morgan fingerprint density at radius 3 is 1.27 bits per heavy atom. The van der Waals surface area contributed by atoms with Crippen LogP contribution in [0.4, 0.5) is 0 Å². The summed E-state index contributed by atoms with van der Waals surface area (Å²) in [5.41, 5.74) is 20.0. The molecule has 3 nitrogen and oxygen atoms in total. The zero-order valence-electron chi connectivity index (χ0n) is 42.5. The standard InChI is InChI=1S/C63H51N3/c1-44-12-34-61(65-42-44)54-22-18-46(19-23-54)14-16-48-38-49(17-15-47-20-24-55(25-21-47)62-35-13-45(2)43-66-62)40-58(39-48)60-11-7-6-10-59(60)53-30-32-56(33-31-53)63-41-57(36-37-64-63)52-28-26-51(27-29-52)50-8-4-3-5-9-50/h3-13,18-43H,14-17H2,1-2H3/i1D3,2D3. The summed E-state index contributed by atoms with van der Waals surface area (Å²) in [5, 5.41) is 0. The topological polar surface area (TPSA) is 38.7 Å². The molecule has 318 valence electrons. The molecule has 0 aliphatic carbocycles. The van der Waals surface area contributed by atoms with Crippen molar-refractivity contribution >= 4 is 0 Å². The van der Waals surface area contributed by atoms with Gasteiger partial charge in [-0.2, -0.15) is 0 Å². The van der Waals surface area contributed by atoms with Crippen LogP contribution >= 0.6 is 0 Å². The van der Waals surface area contributed by atoms with Crippen molar-refractivity contribution < 1.29 is 8.22 Å². The smallest absolute Gasteiger partial charge is 0.0708 e. The highest BCUT2D eigenvalue weighted by atomic mass is 14.7. The summed E-state index contributed by atoms with van der Waals surface area (Å²) in [6.07, 6.45) is 8.14. The number of benzene rings is 7. The second-order valence-corrected chi connectivity index (χ2v) is 16.8. The summed E-state index contributed by atoms with van der Waals surface area (Å²) in [6.45, 7) is -4.37. The zero-order valence-corrected chi connectivity index (χ0v) is 36.5. The molecule has 66 heavy (non-hydrogen) atoms. The van der Waals surface area contributed by atoms with Gasteiger partial charge in [0.1, 0.15) is 0 Å². The van der Waals surface area contributed by atoms with Gasteiger partial charge < -0.3 is 0 Å². The Bertz CT molecular complexity index is 3300. The van der Waals surface area contributed by atoms with Gasteiger partial charge in [0.25, 0.3) is 0 Å². The SMILES string of the molecule is [2H]C([2H])([2H])c1ccc(-c2ccc(CCc3cc(CCc4ccc(-c5ccc(C([2H])([2H])[2H])cn5)cc4)cc(-c4ccccc4-c4ccc(-c5cc(-c6ccc(-c7ccccc7)cc6)ccn5)cc4)c3)cc2)nc1. The fraction of sp³-hybridized carbons (Fsp3) is 0.0952. The maximum atomic E-state index is 7.69. The number of aryl methyl sites for hydroxylation is 6. The molecule has 0 fully saturated rings. The van der Waals surface area contributed by atoms with Crippen LogP contribution in [-0.2, 0) is 25.7 Å². The van der Waals surface area contributed by atoms with Crippen LogP contribution in [0.2, 0.25) is 0 Å². The molecule has 3 heterocycles. The van der Waals surface area contributed by atoms with E-state index in [0.29, 0.717) is 0 Å². The fourth-order valence-corrected chi connectivity index (χ4v) is 8.66. The lowest BCUT2D eigenvalue weighted by Crippen LogP contribution is -1.98. The molecule has 3 aromatic heterocycles. The highest BCUT2D eigenvalue weighted by Gasteiger charge is 2.13. The van der Waals surface area contributed by atoms with E-state index in [1.807, 2.05) is 12.3 Å². The molecule has 0 spiro atoms. The summed E-state index contributed by atoms with van der Waals surface area (Å²) < 4.78 is 46.2. The largest absolute Gasteiger partial charge is 0.256 e. The normalized spacial score (nSPS) is 12.8. The molecule has 7 aromatic carbocycles. The predicted octanol–water partition coefficient (Wildman–Crippen LogP) is 15.7. The number of nitrogens with zero attached hydrogens (tertiary/aromatic N) is 3. The van der Waals surface area contributed by atoms with E-state index in [0.717, 1.165) is 87.3 Å². The van der Waals surface area contributed by atoms with Crippen molar-refractivity contribution in [3.05, 3.63) is 258 Å². The van der Waals surface area contributed by atoms with E-state index < -0.39 is 13.7 Å². The van der Waals surface area contributed by atoms with Gasteiger partial charge >= 0.3 is 0 Å². The minimum absolute atomic E-state index is 0.231. The van der Waals surface area contributed by atoms with Gasteiger partial charge in [-0.15, -0.1) is 0 Å². The van der Waals surface area contributed by atoms with E-state index in [1.165, 1.54) is 51.3 Å². The number of aromatic nitrogens is 3. The van der Waals surface area contributed by atoms with Crippen molar-refractivity contribution in [1.29, 1.82) is 0 Å². The Labute approximate surface area is 397 Å². The van der Waals surface area contributed by atoms with Gasteiger partial charge in [-0.25, -0.2) is 0 Å². The molecule has 0 amide bonds. The molecule has 0 radical (unpaired) electrons. The summed E-state index contributed by atoms with van der Waals surface area (Å²) in [5.74, 6) is 0. The first-order valence-electron chi connectivity index (χ1n) is 25.5. The van der Waals surface area contributed by atoms with Crippen LogP contribution in [0.5, 0.6) is 0 Å². The Morgan fingerprint density at radius 1 is 0.303 bits per heavy atom. The number of rotatable bonds is 13. The third-order valence-corrected chi connectivity index (χ3v) is 12.3. The van der Waals surface area contributed by atoms with Gasteiger partial charge in [0, 0.05) is 43.5 Å². The van der Waals surface area contributed by atoms with Crippen molar-refractivity contribution in [3.8, 4) is 78.3 Å². The third kappa shape index (κ3) is 9.87. The van der Waals surface area contributed by atoms with E-state index in [9.17, 15) is 0 Å². The number of hydrogen-bond donors (Lipinski definition) is 0. The molecular weight excluding hydrogens is 799 g/mol.